The van der Waals surface area contributed by atoms with E-state index in [-0.39, 0.29) is 6.71 Å². The second kappa shape index (κ2) is 18.2. The molecule has 0 spiro atoms. The third-order valence-corrected chi connectivity index (χ3v) is 17.8. The van der Waals surface area contributed by atoms with E-state index in [2.05, 4.69) is 293 Å². The standard InChI is InChI=1S/C78H48BN3O2/c1-3-16-49(17-4-1)51-30-37-56(38-31-51)80-70-45-53(54-34-41-64-62-22-9-13-28-73(62)84-76(64)46-54)35-42-66(70)79-67-25-15-24-59(55-36-43-75-65(44-55)63-23-10-14-29-74(63)83-75)78(67)82(57-39-32-52(33-40-57)50-18-5-2-6-19-50)72-48-58(47-71(80)77(72)79)81-68-26-11-7-20-60(68)61-21-8-12-27-69(61)81/h1-48H. The van der Waals surface area contributed by atoms with Gasteiger partial charge in [-0.15, -0.1) is 0 Å². The Morgan fingerprint density at radius 3 is 1.42 bits per heavy atom. The van der Waals surface area contributed by atoms with E-state index in [1.165, 1.54) is 38.3 Å². The maximum absolute atomic E-state index is 6.56. The van der Waals surface area contributed by atoms with Crippen LogP contribution in [0.4, 0.5) is 34.1 Å². The summed E-state index contributed by atoms with van der Waals surface area (Å²) in [5, 5.41) is 6.86. The molecule has 6 heteroatoms. The molecular weight excluding hydrogens is 1020 g/mol. The number of aromatic nitrogens is 1. The molecule has 84 heavy (non-hydrogen) atoms. The zero-order chi connectivity index (χ0) is 55.0. The van der Waals surface area contributed by atoms with Gasteiger partial charge in [-0.05, 0) is 146 Å². The normalized spacial score (nSPS) is 12.7. The SMILES string of the molecule is c1ccc(-c2ccc(N3c4cc(-c5ccc6c(c5)oc5ccccc56)ccc4B4c5cccc(-c6ccc7oc8ccccc8c7c6)c5N(c5ccc(-c6ccccc6)cc5)c5cc(-n6c7ccccc7c7ccccc76)cc3c54)cc2)cc1. The number of para-hydroxylation sites is 5. The van der Waals surface area contributed by atoms with Gasteiger partial charge in [0.15, 0.2) is 0 Å². The van der Waals surface area contributed by atoms with E-state index in [9.17, 15) is 0 Å². The molecule has 3 aromatic heterocycles. The van der Waals surface area contributed by atoms with Crippen LogP contribution in [0.2, 0.25) is 0 Å². The van der Waals surface area contributed by atoms with Crippen molar-refractivity contribution in [2.75, 3.05) is 9.80 Å². The highest BCUT2D eigenvalue weighted by Gasteiger charge is 2.45. The van der Waals surface area contributed by atoms with Gasteiger partial charge in [-0.3, -0.25) is 0 Å². The van der Waals surface area contributed by atoms with Crippen LogP contribution in [-0.4, -0.2) is 11.3 Å². The summed E-state index contributed by atoms with van der Waals surface area (Å²) in [5.74, 6) is 0. The molecule has 0 bridgehead atoms. The van der Waals surface area contributed by atoms with Gasteiger partial charge in [-0.25, -0.2) is 0 Å². The Morgan fingerprint density at radius 1 is 0.262 bits per heavy atom. The van der Waals surface area contributed by atoms with Crippen molar-refractivity contribution in [1.82, 2.24) is 4.57 Å². The van der Waals surface area contributed by atoms with Crippen LogP contribution in [0.5, 0.6) is 0 Å². The summed E-state index contributed by atoms with van der Waals surface area (Å²) < 4.78 is 15.5. The molecule has 5 nitrogen and oxygen atoms in total. The Balaban J connectivity index is 0.948. The molecule has 0 saturated heterocycles. The lowest BCUT2D eigenvalue weighted by Gasteiger charge is -2.45. The number of benzene rings is 13. The quantitative estimate of drug-likeness (QED) is 0.149. The van der Waals surface area contributed by atoms with Gasteiger partial charge in [0.1, 0.15) is 22.3 Å². The molecule has 0 saturated carbocycles. The lowest BCUT2D eigenvalue weighted by atomic mass is 9.33. The van der Waals surface area contributed by atoms with Crippen LogP contribution >= 0.6 is 0 Å². The highest BCUT2D eigenvalue weighted by atomic mass is 16.3. The topological polar surface area (TPSA) is 37.7 Å². The highest BCUT2D eigenvalue weighted by Crippen LogP contribution is 2.50. The van der Waals surface area contributed by atoms with Crippen molar-refractivity contribution in [2.24, 2.45) is 0 Å². The van der Waals surface area contributed by atoms with Gasteiger partial charge in [0.2, 0.25) is 0 Å². The van der Waals surface area contributed by atoms with Crippen LogP contribution in [0.15, 0.2) is 300 Å². The first-order chi connectivity index (χ1) is 41.6. The van der Waals surface area contributed by atoms with Gasteiger partial charge in [-0.2, -0.15) is 0 Å². The molecule has 18 rings (SSSR count). The minimum Gasteiger partial charge on any atom is -0.456 e. The van der Waals surface area contributed by atoms with Crippen molar-refractivity contribution in [1.29, 1.82) is 0 Å². The predicted octanol–water partition coefficient (Wildman–Crippen LogP) is 19.3. The molecule has 0 amide bonds. The Kier molecular flexibility index (Phi) is 10.1. The van der Waals surface area contributed by atoms with Crippen molar-refractivity contribution in [3.8, 4) is 50.2 Å². The van der Waals surface area contributed by atoms with Crippen LogP contribution in [0.25, 0.3) is 116 Å². The molecule has 0 unspecified atom stereocenters. The van der Waals surface area contributed by atoms with Gasteiger partial charge in [0.25, 0.3) is 6.71 Å². The number of hydrogen-bond donors (Lipinski definition) is 0. The third kappa shape index (κ3) is 7.04. The van der Waals surface area contributed by atoms with E-state index in [0.29, 0.717) is 0 Å². The van der Waals surface area contributed by atoms with Crippen LogP contribution < -0.4 is 26.2 Å². The Labute approximate surface area is 484 Å². The number of furan rings is 2. The summed E-state index contributed by atoms with van der Waals surface area (Å²) in [7, 11) is 0. The van der Waals surface area contributed by atoms with Crippen molar-refractivity contribution in [3.05, 3.63) is 291 Å². The monoisotopic (exact) mass is 1070 g/mol. The van der Waals surface area contributed by atoms with Crippen LogP contribution in [0.1, 0.15) is 0 Å². The van der Waals surface area contributed by atoms with Gasteiger partial charge >= 0.3 is 0 Å². The van der Waals surface area contributed by atoms with E-state index >= 15 is 0 Å². The predicted molar refractivity (Wildman–Crippen MR) is 351 cm³/mol. The molecule has 0 fully saturated rings. The van der Waals surface area contributed by atoms with E-state index < -0.39 is 0 Å². The number of anilines is 6. The van der Waals surface area contributed by atoms with Crippen molar-refractivity contribution >= 4 is 123 Å². The molecule has 13 aromatic carbocycles. The van der Waals surface area contributed by atoms with Gasteiger partial charge in [0, 0.05) is 72.0 Å². The zero-order valence-electron chi connectivity index (χ0n) is 45.4. The zero-order valence-corrected chi connectivity index (χ0v) is 45.4. The third-order valence-electron chi connectivity index (χ3n) is 17.8. The fraction of sp³-hybridized carbons (Fsp3) is 0. The number of rotatable bonds is 7. The Hall–Kier alpha value is -11.1. The fourth-order valence-corrected chi connectivity index (χ4v) is 14.0. The molecule has 0 aliphatic carbocycles. The van der Waals surface area contributed by atoms with E-state index in [4.69, 9.17) is 8.83 Å². The molecule has 2 aliphatic rings. The molecule has 0 atom stereocenters. The highest BCUT2D eigenvalue weighted by molar-refractivity contribution is 7.00. The average Bonchev–Trinajstić information content (AvgIpc) is 1.28. The molecule has 390 valence electrons. The second-order valence-corrected chi connectivity index (χ2v) is 22.3. The summed E-state index contributed by atoms with van der Waals surface area (Å²) in [6, 6.07) is 107. The Bertz CT molecular complexity index is 5280. The van der Waals surface area contributed by atoms with Gasteiger partial charge < -0.3 is 23.2 Å². The molecule has 2 aliphatic heterocycles. The lowest BCUT2D eigenvalue weighted by Crippen LogP contribution is -2.61. The van der Waals surface area contributed by atoms with Crippen molar-refractivity contribution in [3.63, 3.8) is 0 Å². The van der Waals surface area contributed by atoms with Crippen LogP contribution in [0, 0.1) is 0 Å². The maximum Gasteiger partial charge on any atom is 0.252 e. The molecular formula is C78H48BN3O2. The summed E-state index contributed by atoms with van der Waals surface area (Å²) in [4.78, 5) is 5.12. The molecule has 5 heterocycles. The minimum atomic E-state index is -0.169. The number of fused-ring (bicyclic) bond motifs is 13. The molecule has 16 aromatic rings. The lowest BCUT2D eigenvalue weighted by molar-refractivity contribution is 0.668. The molecule has 0 radical (unpaired) electrons. The van der Waals surface area contributed by atoms with E-state index in [0.717, 1.165) is 128 Å². The summed E-state index contributed by atoms with van der Waals surface area (Å²) in [6.07, 6.45) is 0. The fourth-order valence-electron chi connectivity index (χ4n) is 14.0. The van der Waals surface area contributed by atoms with Crippen LogP contribution in [0.3, 0.4) is 0 Å². The number of nitrogens with zero attached hydrogens (tertiary/aromatic N) is 3. The van der Waals surface area contributed by atoms with Crippen molar-refractivity contribution in [2.45, 2.75) is 0 Å². The largest absolute Gasteiger partial charge is 0.456 e. The van der Waals surface area contributed by atoms with Gasteiger partial charge in [-0.1, -0.05) is 200 Å². The summed E-state index contributed by atoms with van der Waals surface area (Å²) >= 11 is 0. The van der Waals surface area contributed by atoms with Crippen LogP contribution in [-0.2, 0) is 0 Å². The summed E-state index contributed by atoms with van der Waals surface area (Å²) in [6.45, 7) is -0.169. The van der Waals surface area contributed by atoms with Gasteiger partial charge in [0.05, 0.1) is 16.7 Å². The van der Waals surface area contributed by atoms with Crippen molar-refractivity contribution < 1.29 is 8.83 Å². The van der Waals surface area contributed by atoms with E-state index in [1.54, 1.807) is 0 Å². The smallest absolute Gasteiger partial charge is 0.252 e. The first-order valence-corrected chi connectivity index (χ1v) is 28.8. The first kappa shape index (κ1) is 46.7. The van der Waals surface area contributed by atoms with E-state index in [1.807, 2.05) is 12.1 Å². The number of hydrogen-bond acceptors (Lipinski definition) is 4. The average molecular weight is 1070 g/mol. The minimum absolute atomic E-state index is 0.169. The summed E-state index contributed by atoms with van der Waals surface area (Å²) in [5.41, 5.74) is 26.4. The maximum atomic E-state index is 6.56. The second-order valence-electron chi connectivity index (χ2n) is 22.3. The molecule has 0 N–H and O–H groups in total. The first-order valence-electron chi connectivity index (χ1n) is 28.8. The Morgan fingerprint density at radius 2 is 0.750 bits per heavy atom.